The number of unbranched alkanes of at least 4 members (excludes halogenated alkanes) is 9. The first-order valence-corrected chi connectivity index (χ1v) is 14.4. The van der Waals surface area contributed by atoms with Crippen LogP contribution in [-0.4, -0.2) is 60.1 Å². The number of hydrogen-bond acceptors (Lipinski definition) is 6. The molecule has 0 saturated carbocycles. The van der Waals surface area contributed by atoms with Crippen LogP contribution in [0, 0.1) is 5.92 Å². The fourth-order valence-corrected chi connectivity index (χ4v) is 6.11. The van der Waals surface area contributed by atoms with E-state index in [0.29, 0.717) is 25.2 Å². The summed E-state index contributed by atoms with van der Waals surface area (Å²) in [5, 5.41) is 3.74. The lowest BCUT2D eigenvalue weighted by Crippen LogP contribution is -2.63. The van der Waals surface area contributed by atoms with E-state index < -0.39 is 0 Å². The van der Waals surface area contributed by atoms with Crippen LogP contribution < -0.4 is 16.8 Å². The van der Waals surface area contributed by atoms with Crippen molar-refractivity contribution >= 4 is 17.9 Å². The lowest BCUT2D eigenvalue weighted by molar-refractivity contribution is -0.151. The normalized spacial score (nSPS) is 27.1. The van der Waals surface area contributed by atoms with Crippen LogP contribution in [-0.2, 0) is 9.53 Å². The van der Waals surface area contributed by atoms with E-state index in [1.807, 2.05) is 0 Å². The second kappa shape index (κ2) is 14.5. The Balaban J connectivity index is 1.40. The van der Waals surface area contributed by atoms with Crippen molar-refractivity contribution in [1.29, 1.82) is 0 Å². The molecule has 5 atom stereocenters. The van der Waals surface area contributed by atoms with Gasteiger partial charge in [0, 0.05) is 24.7 Å². The summed E-state index contributed by atoms with van der Waals surface area (Å²) >= 11 is 0. The van der Waals surface area contributed by atoms with Crippen molar-refractivity contribution in [3.05, 3.63) is 0 Å². The quantitative estimate of drug-likeness (QED) is 0.130. The Kier molecular flexibility index (Phi) is 11.5. The van der Waals surface area contributed by atoms with Gasteiger partial charge in [0.25, 0.3) is 0 Å². The van der Waals surface area contributed by atoms with Crippen molar-refractivity contribution in [2.45, 2.75) is 134 Å². The topological polar surface area (TPSA) is 118 Å². The average Bonchev–Trinajstić information content (AvgIpc) is 3.24. The van der Waals surface area contributed by atoms with E-state index in [9.17, 15) is 4.79 Å². The van der Waals surface area contributed by atoms with Gasteiger partial charge in [0.1, 0.15) is 0 Å². The third kappa shape index (κ3) is 8.28. The standard InChI is InChI=1S/C27H50N6O2/c1-3-4-5-6-7-8-9-10-11-14-21-19-22-15-16-23-24(20(2)31-27(32-21)33(22)23)25(34)35-18-13-12-17-30-26(28)29/h20-24H,3-19H2,1-2H3,(H,31,32)(H4,28,29,30)/t20-,21+,22-,23+,24+/m1/s1. The van der Waals surface area contributed by atoms with E-state index >= 15 is 0 Å². The number of nitrogens with two attached hydrogens (primary N) is 2. The minimum Gasteiger partial charge on any atom is -0.465 e. The van der Waals surface area contributed by atoms with E-state index in [1.54, 1.807) is 0 Å². The van der Waals surface area contributed by atoms with Gasteiger partial charge in [-0.05, 0) is 45.4 Å². The Hall–Kier alpha value is -1.99. The van der Waals surface area contributed by atoms with E-state index in [0.717, 1.165) is 38.1 Å². The molecule has 5 N–H and O–H groups in total. The van der Waals surface area contributed by atoms with Crippen LogP contribution in [0.25, 0.3) is 0 Å². The largest absolute Gasteiger partial charge is 0.465 e. The van der Waals surface area contributed by atoms with Crippen molar-refractivity contribution in [1.82, 2.24) is 10.2 Å². The molecular formula is C27H50N6O2. The summed E-state index contributed by atoms with van der Waals surface area (Å²) in [5.41, 5.74) is 10.7. The molecule has 8 nitrogen and oxygen atoms in total. The molecule has 0 aliphatic carbocycles. The van der Waals surface area contributed by atoms with Gasteiger partial charge in [0.15, 0.2) is 11.9 Å². The first kappa shape index (κ1) is 27.6. The molecule has 0 bridgehead atoms. The predicted molar refractivity (Wildman–Crippen MR) is 143 cm³/mol. The molecule has 0 amide bonds. The Labute approximate surface area is 212 Å². The first-order valence-electron chi connectivity index (χ1n) is 14.4. The Bertz CT molecular complexity index is 708. The maximum absolute atomic E-state index is 13.0. The van der Waals surface area contributed by atoms with E-state index in [2.05, 4.69) is 29.1 Å². The number of nitrogens with zero attached hydrogens (tertiary/aromatic N) is 3. The van der Waals surface area contributed by atoms with Crippen LogP contribution in [0.5, 0.6) is 0 Å². The zero-order valence-electron chi connectivity index (χ0n) is 22.2. The molecule has 2 fully saturated rings. The van der Waals surface area contributed by atoms with Crippen LogP contribution in [0.1, 0.15) is 110 Å². The zero-order chi connectivity index (χ0) is 25.0. The van der Waals surface area contributed by atoms with Crippen molar-refractivity contribution in [3.63, 3.8) is 0 Å². The van der Waals surface area contributed by atoms with Crippen LogP contribution in [0.15, 0.2) is 9.98 Å². The van der Waals surface area contributed by atoms with Crippen molar-refractivity contribution in [3.8, 4) is 0 Å². The number of nitrogens with one attached hydrogen (secondary N) is 1. The maximum Gasteiger partial charge on any atom is 0.313 e. The average molecular weight is 491 g/mol. The molecule has 0 unspecified atom stereocenters. The number of aliphatic imine (C=N–C) groups is 2. The molecule has 0 spiro atoms. The summed E-state index contributed by atoms with van der Waals surface area (Å²) < 4.78 is 5.66. The van der Waals surface area contributed by atoms with Crippen LogP contribution in [0.2, 0.25) is 0 Å². The minimum atomic E-state index is -0.183. The number of ether oxygens (including phenoxy) is 1. The summed E-state index contributed by atoms with van der Waals surface area (Å²) in [6.07, 6.45) is 18.5. The van der Waals surface area contributed by atoms with Crippen LogP contribution >= 0.6 is 0 Å². The zero-order valence-corrected chi connectivity index (χ0v) is 22.2. The van der Waals surface area contributed by atoms with Crippen LogP contribution in [0.4, 0.5) is 0 Å². The molecule has 35 heavy (non-hydrogen) atoms. The van der Waals surface area contributed by atoms with Crippen LogP contribution in [0.3, 0.4) is 0 Å². The molecule has 0 aromatic carbocycles. The third-order valence-electron chi connectivity index (χ3n) is 7.96. The SMILES string of the molecule is CCCCCCCCCCC[C@H]1C[C@H]2CC[C@H]3[C@@H](C(=O)OCCCCN=C(N)N)[C@@H](C)N=C(N1)N23. The number of rotatable bonds is 16. The third-order valence-corrected chi connectivity index (χ3v) is 7.96. The van der Waals surface area contributed by atoms with Gasteiger partial charge in [-0.3, -0.25) is 9.79 Å². The number of guanidine groups is 2. The van der Waals surface area contributed by atoms with Gasteiger partial charge in [-0.2, -0.15) is 0 Å². The minimum absolute atomic E-state index is 0.0573. The highest BCUT2D eigenvalue weighted by molar-refractivity contribution is 5.86. The molecule has 8 heteroatoms. The summed E-state index contributed by atoms with van der Waals surface area (Å²) in [6, 6.07) is 1.17. The summed E-state index contributed by atoms with van der Waals surface area (Å²) in [4.78, 5) is 24.3. The molecular weight excluding hydrogens is 440 g/mol. The fraction of sp³-hybridized carbons (Fsp3) is 0.889. The number of carbonyl (C=O) groups is 1. The first-order chi connectivity index (χ1) is 17.0. The second-order valence-electron chi connectivity index (χ2n) is 10.8. The van der Waals surface area contributed by atoms with Crippen molar-refractivity contribution in [2.24, 2.45) is 27.4 Å². The smallest absolute Gasteiger partial charge is 0.313 e. The summed E-state index contributed by atoms with van der Waals surface area (Å²) in [6.45, 7) is 5.32. The lowest BCUT2D eigenvalue weighted by atomic mass is 9.89. The molecule has 0 aromatic rings. The Morgan fingerprint density at radius 3 is 2.49 bits per heavy atom. The highest BCUT2D eigenvalue weighted by Gasteiger charge is 2.50. The number of esters is 1. The van der Waals surface area contributed by atoms with Gasteiger partial charge in [0.2, 0.25) is 0 Å². The lowest BCUT2D eigenvalue weighted by Gasteiger charge is -2.46. The van der Waals surface area contributed by atoms with Gasteiger partial charge in [0.05, 0.1) is 18.6 Å². The predicted octanol–water partition coefficient (Wildman–Crippen LogP) is 4.07. The van der Waals surface area contributed by atoms with Crippen molar-refractivity contribution in [2.75, 3.05) is 13.2 Å². The van der Waals surface area contributed by atoms with Gasteiger partial charge in [-0.1, -0.05) is 64.7 Å². The van der Waals surface area contributed by atoms with Gasteiger partial charge in [-0.25, -0.2) is 4.99 Å². The molecule has 200 valence electrons. The molecule has 3 heterocycles. The second-order valence-corrected chi connectivity index (χ2v) is 10.8. The molecule has 3 aliphatic heterocycles. The number of carbonyl (C=O) groups excluding carboxylic acids is 1. The van der Waals surface area contributed by atoms with Gasteiger partial charge in [-0.15, -0.1) is 0 Å². The van der Waals surface area contributed by atoms with E-state index in [-0.39, 0.29) is 29.9 Å². The number of hydrogen-bond donors (Lipinski definition) is 3. The molecule has 0 aromatic heterocycles. The fourth-order valence-electron chi connectivity index (χ4n) is 6.11. The highest BCUT2D eigenvalue weighted by Crippen LogP contribution is 2.39. The van der Waals surface area contributed by atoms with Crippen molar-refractivity contribution < 1.29 is 9.53 Å². The maximum atomic E-state index is 13.0. The molecule has 0 radical (unpaired) electrons. The van der Waals surface area contributed by atoms with Gasteiger partial charge >= 0.3 is 5.97 Å². The van der Waals surface area contributed by atoms with Gasteiger partial charge < -0.3 is 26.4 Å². The Morgan fingerprint density at radius 2 is 1.77 bits per heavy atom. The molecule has 3 rings (SSSR count). The van der Waals surface area contributed by atoms with E-state index in [4.69, 9.17) is 21.2 Å². The Morgan fingerprint density at radius 1 is 1.06 bits per heavy atom. The summed E-state index contributed by atoms with van der Waals surface area (Å²) in [5.74, 6) is 0.841. The molecule has 3 aliphatic rings. The summed E-state index contributed by atoms with van der Waals surface area (Å²) in [7, 11) is 0. The molecule has 2 saturated heterocycles. The monoisotopic (exact) mass is 490 g/mol. The highest BCUT2D eigenvalue weighted by atomic mass is 16.5. The van der Waals surface area contributed by atoms with E-state index in [1.165, 1.54) is 64.2 Å².